The molecule has 1 atom stereocenters. The maximum Gasteiger partial charge on any atom is 0.227 e. The van der Waals surface area contributed by atoms with Crippen molar-refractivity contribution in [3.8, 4) is 0 Å². The first-order chi connectivity index (χ1) is 10.7. The van der Waals surface area contributed by atoms with Gasteiger partial charge in [-0.15, -0.1) is 0 Å². The van der Waals surface area contributed by atoms with Gasteiger partial charge in [-0.05, 0) is 43.4 Å². The van der Waals surface area contributed by atoms with Gasteiger partial charge < -0.3 is 10.2 Å². The molecule has 22 heavy (non-hydrogen) atoms. The van der Waals surface area contributed by atoms with Crippen molar-refractivity contribution < 1.29 is 9.59 Å². The predicted molar refractivity (Wildman–Crippen MR) is 86.2 cm³/mol. The largest absolute Gasteiger partial charge is 0.338 e. The zero-order chi connectivity index (χ0) is 15.4. The van der Waals surface area contributed by atoms with E-state index in [1.165, 1.54) is 0 Å². The molecule has 116 valence electrons. The lowest BCUT2D eigenvalue weighted by molar-refractivity contribution is -0.128. The number of benzene rings is 1. The van der Waals surface area contributed by atoms with E-state index in [0.717, 1.165) is 43.5 Å². The van der Waals surface area contributed by atoms with Crippen molar-refractivity contribution >= 4 is 17.5 Å². The van der Waals surface area contributed by atoms with Crippen LogP contribution in [0.1, 0.15) is 37.7 Å². The van der Waals surface area contributed by atoms with Gasteiger partial charge in [-0.2, -0.15) is 0 Å². The van der Waals surface area contributed by atoms with Gasteiger partial charge in [-0.25, -0.2) is 0 Å². The zero-order valence-electron chi connectivity index (χ0n) is 12.8. The molecule has 1 heterocycles. The third kappa shape index (κ3) is 3.56. The molecule has 1 saturated heterocycles. The van der Waals surface area contributed by atoms with Crippen LogP contribution in [0.4, 0.5) is 5.69 Å². The van der Waals surface area contributed by atoms with Crippen molar-refractivity contribution in [2.75, 3.05) is 11.9 Å². The highest BCUT2D eigenvalue weighted by Crippen LogP contribution is 2.21. The second-order valence-electron chi connectivity index (χ2n) is 6.09. The lowest BCUT2D eigenvalue weighted by Crippen LogP contribution is -2.25. The van der Waals surface area contributed by atoms with E-state index < -0.39 is 0 Å². The maximum atomic E-state index is 12.3. The number of amides is 2. The summed E-state index contributed by atoms with van der Waals surface area (Å²) in [4.78, 5) is 25.8. The van der Waals surface area contributed by atoms with Crippen LogP contribution >= 0.6 is 0 Å². The summed E-state index contributed by atoms with van der Waals surface area (Å²) in [5, 5.41) is 3.01. The summed E-state index contributed by atoms with van der Waals surface area (Å²) in [6, 6.07) is 7.82. The Morgan fingerprint density at radius 3 is 2.95 bits per heavy atom. The van der Waals surface area contributed by atoms with Crippen LogP contribution < -0.4 is 5.32 Å². The molecule has 2 amide bonds. The van der Waals surface area contributed by atoms with Gasteiger partial charge >= 0.3 is 0 Å². The average molecular weight is 298 g/mol. The van der Waals surface area contributed by atoms with Crippen molar-refractivity contribution in [1.82, 2.24) is 4.90 Å². The number of nitrogens with zero attached hydrogens (tertiary/aromatic N) is 1. The third-order valence-electron chi connectivity index (χ3n) is 4.38. The summed E-state index contributed by atoms with van der Waals surface area (Å²) in [6.45, 7) is 1.47. The fourth-order valence-corrected chi connectivity index (χ4v) is 3.12. The van der Waals surface area contributed by atoms with Crippen LogP contribution in [0.5, 0.6) is 0 Å². The maximum absolute atomic E-state index is 12.3. The number of nitrogens with one attached hydrogen (secondary N) is 1. The van der Waals surface area contributed by atoms with Gasteiger partial charge in [0.1, 0.15) is 0 Å². The molecule has 0 spiro atoms. The van der Waals surface area contributed by atoms with Gasteiger partial charge in [0.15, 0.2) is 0 Å². The Labute approximate surface area is 131 Å². The smallest absolute Gasteiger partial charge is 0.227 e. The highest BCUT2D eigenvalue weighted by Gasteiger charge is 2.21. The van der Waals surface area contributed by atoms with E-state index in [2.05, 4.69) is 17.5 Å². The fourth-order valence-electron chi connectivity index (χ4n) is 3.12. The summed E-state index contributed by atoms with van der Waals surface area (Å²) in [5.74, 6) is 0.399. The second kappa shape index (κ2) is 6.77. The number of likely N-dealkylation sites (tertiary alicyclic amines) is 1. The van der Waals surface area contributed by atoms with Crippen LogP contribution in [-0.4, -0.2) is 23.3 Å². The first-order valence-corrected chi connectivity index (χ1v) is 8.05. The van der Waals surface area contributed by atoms with Gasteiger partial charge in [0.05, 0.1) is 0 Å². The van der Waals surface area contributed by atoms with E-state index in [-0.39, 0.29) is 17.7 Å². The van der Waals surface area contributed by atoms with E-state index in [9.17, 15) is 9.59 Å². The molecule has 0 unspecified atom stereocenters. The van der Waals surface area contributed by atoms with Crippen LogP contribution in [0.2, 0.25) is 0 Å². The Kier molecular flexibility index (Phi) is 4.56. The van der Waals surface area contributed by atoms with E-state index in [1.54, 1.807) is 0 Å². The molecule has 0 bridgehead atoms. The van der Waals surface area contributed by atoms with Crippen LogP contribution in [0.25, 0.3) is 0 Å². The molecule has 0 radical (unpaired) electrons. The highest BCUT2D eigenvalue weighted by molar-refractivity contribution is 5.92. The molecule has 2 aliphatic rings. The van der Waals surface area contributed by atoms with Gasteiger partial charge in [0.25, 0.3) is 0 Å². The number of allylic oxidation sites excluding steroid dienone is 2. The molecule has 1 aromatic rings. The minimum atomic E-state index is 0.0776. The first kappa shape index (κ1) is 14.8. The Bertz CT molecular complexity index is 595. The van der Waals surface area contributed by atoms with Crippen LogP contribution in [-0.2, 0) is 16.1 Å². The van der Waals surface area contributed by atoms with Gasteiger partial charge in [0.2, 0.25) is 11.8 Å². The van der Waals surface area contributed by atoms with Crippen molar-refractivity contribution in [2.24, 2.45) is 5.92 Å². The molecule has 1 fully saturated rings. The Morgan fingerprint density at radius 1 is 1.32 bits per heavy atom. The highest BCUT2D eigenvalue weighted by atomic mass is 16.2. The molecule has 1 aromatic carbocycles. The van der Waals surface area contributed by atoms with Gasteiger partial charge in [0, 0.05) is 31.1 Å². The minimum Gasteiger partial charge on any atom is -0.338 e. The van der Waals surface area contributed by atoms with E-state index in [0.29, 0.717) is 13.0 Å². The first-order valence-electron chi connectivity index (χ1n) is 8.05. The topological polar surface area (TPSA) is 49.4 Å². The number of hydrogen-bond acceptors (Lipinski definition) is 2. The molecule has 0 aromatic heterocycles. The quantitative estimate of drug-likeness (QED) is 0.868. The summed E-state index contributed by atoms with van der Waals surface area (Å²) >= 11 is 0. The average Bonchev–Trinajstić information content (AvgIpc) is 2.94. The lowest BCUT2D eigenvalue weighted by atomic mass is 9.93. The normalized spacial score (nSPS) is 21.2. The van der Waals surface area contributed by atoms with Crippen LogP contribution in [0, 0.1) is 5.92 Å². The molecule has 1 N–H and O–H groups in total. The monoisotopic (exact) mass is 298 g/mol. The SMILES string of the molecule is O=C(Nc1cccc(CN2CCCC2=O)c1)[C@@H]1CC=CCC1. The number of anilines is 1. The number of rotatable bonds is 4. The van der Waals surface area contributed by atoms with Crippen molar-refractivity contribution in [3.63, 3.8) is 0 Å². The molecule has 1 aliphatic heterocycles. The lowest BCUT2D eigenvalue weighted by Gasteiger charge is -2.18. The van der Waals surface area contributed by atoms with E-state index in [1.807, 2.05) is 29.2 Å². The fraction of sp³-hybridized carbons (Fsp3) is 0.444. The number of carbonyl (C=O) groups is 2. The van der Waals surface area contributed by atoms with E-state index in [4.69, 9.17) is 0 Å². The molecule has 4 heteroatoms. The Balaban J connectivity index is 1.62. The van der Waals surface area contributed by atoms with E-state index >= 15 is 0 Å². The number of carbonyl (C=O) groups excluding carboxylic acids is 2. The summed E-state index contributed by atoms with van der Waals surface area (Å²) < 4.78 is 0. The van der Waals surface area contributed by atoms with Crippen molar-refractivity contribution in [1.29, 1.82) is 0 Å². The zero-order valence-corrected chi connectivity index (χ0v) is 12.8. The molecule has 0 saturated carbocycles. The molecular weight excluding hydrogens is 276 g/mol. The summed E-state index contributed by atoms with van der Waals surface area (Å²) in [6.07, 6.45) is 8.56. The van der Waals surface area contributed by atoms with Crippen molar-refractivity contribution in [3.05, 3.63) is 42.0 Å². The van der Waals surface area contributed by atoms with Crippen molar-refractivity contribution in [2.45, 2.75) is 38.6 Å². The Morgan fingerprint density at radius 2 is 2.23 bits per heavy atom. The molecule has 1 aliphatic carbocycles. The predicted octanol–water partition coefficient (Wildman–Crippen LogP) is 3.10. The van der Waals surface area contributed by atoms with Gasteiger partial charge in [-0.1, -0.05) is 24.3 Å². The summed E-state index contributed by atoms with van der Waals surface area (Å²) in [5.41, 5.74) is 1.89. The third-order valence-corrected chi connectivity index (χ3v) is 4.38. The standard InChI is InChI=1S/C18H22N2O2/c21-17-10-5-11-20(17)13-14-6-4-9-16(12-14)19-18(22)15-7-2-1-3-8-15/h1-2,4,6,9,12,15H,3,5,7-8,10-11,13H2,(H,19,22)/t15-/m1/s1. The molecule has 3 rings (SSSR count). The minimum absolute atomic E-state index is 0.0776. The molecule has 4 nitrogen and oxygen atoms in total. The Hall–Kier alpha value is -2.10. The second-order valence-corrected chi connectivity index (χ2v) is 6.09. The van der Waals surface area contributed by atoms with Crippen LogP contribution in [0.15, 0.2) is 36.4 Å². The number of hydrogen-bond donors (Lipinski definition) is 1. The van der Waals surface area contributed by atoms with Crippen LogP contribution in [0.3, 0.4) is 0 Å². The van der Waals surface area contributed by atoms with Gasteiger partial charge in [-0.3, -0.25) is 9.59 Å². The molecular formula is C18H22N2O2. The summed E-state index contributed by atoms with van der Waals surface area (Å²) in [7, 11) is 0.